The van der Waals surface area contributed by atoms with Crippen LogP contribution in [0.4, 0.5) is 22.0 Å². The van der Waals surface area contributed by atoms with Crippen LogP contribution in [0.15, 0.2) is 114 Å². The minimum absolute atomic E-state index is 0.125. The molecule has 47 heavy (non-hydrogen) atoms. The average molecular weight is 700 g/mol. The van der Waals surface area contributed by atoms with Gasteiger partial charge in [0.2, 0.25) is 0 Å². The molecule has 0 radical (unpaired) electrons. The number of anilines is 3. The molecular formula is C37H36Cl2N4O2SSi. The standard InChI is InChI=1S/C37H36Cl2N4O2SSi/c1-37(2,3)47(29-15-7-5-8-16-29,30-17-9-6-10-18-30)45-22-21-26-13-11-14-28(23-26)43-34-27(24-40-35(41-34)46-4)25-42(36(43)44)33-31(38)19-12-20-32(33)39/h5-20,23-24H,21-22,25H2,1-4H3. The number of hydrogen-bond acceptors (Lipinski definition) is 5. The Balaban J connectivity index is 1.35. The van der Waals surface area contributed by atoms with Crippen molar-refractivity contribution >= 4 is 76.9 Å². The minimum Gasteiger partial charge on any atom is -0.407 e. The first-order valence-corrected chi connectivity index (χ1v) is 19.3. The summed E-state index contributed by atoms with van der Waals surface area (Å²) < 4.78 is 7.16. The van der Waals surface area contributed by atoms with Crippen LogP contribution in [0.25, 0.3) is 0 Å². The van der Waals surface area contributed by atoms with Gasteiger partial charge in [0, 0.05) is 18.4 Å². The predicted octanol–water partition coefficient (Wildman–Crippen LogP) is 8.90. The number of thioether (sulfide) groups is 1. The predicted molar refractivity (Wildman–Crippen MR) is 198 cm³/mol. The van der Waals surface area contributed by atoms with Gasteiger partial charge < -0.3 is 4.43 Å². The summed E-state index contributed by atoms with van der Waals surface area (Å²) in [5.41, 5.74) is 2.98. The second kappa shape index (κ2) is 13.8. The number of hydrogen-bond donors (Lipinski definition) is 0. The van der Waals surface area contributed by atoms with Crippen molar-refractivity contribution in [3.8, 4) is 0 Å². The Hall–Kier alpha value is -3.66. The van der Waals surface area contributed by atoms with E-state index >= 15 is 0 Å². The molecule has 0 saturated carbocycles. The van der Waals surface area contributed by atoms with Gasteiger partial charge in [-0.3, -0.25) is 4.90 Å². The molecule has 6 nitrogen and oxygen atoms in total. The molecule has 6 rings (SSSR count). The summed E-state index contributed by atoms with van der Waals surface area (Å²) in [5.74, 6) is 0.550. The van der Waals surface area contributed by atoms with Crippen molar-refractivity contribution in [1.29, 1.82) is 0 Å². The van der Waals surface area contributed by atoms with Crippen LogP contribution in [0.5, 0.6) is 0 Å². The van der Waals surface area contributed by atoms with E-state index in [1.165, 1.54) is 22.1 Å². The van der Waals surface area contributed by atoms with Crippen LogP contribution in [0.1, 0.15) is 31.9 Å². The van der Waals surface area contributed by atoms with E-state index in [0.717, 1.165) is 11.1 Å². The van der Waals surface area contributed by atoms with Gasteiger partial charge in [0.25, 0.3) is 8.32 Å². The molecule has 1 aromatic heterocycles. The number of para-hydroxylation sites is 1. The van der Waals surface area contributed by atoms with Gasteiger partial charge in [-0.2, -0.15) is 0 Å². The zero-order valence-corrected chi connectivity index (χ0v) is 30.1. The smallest absolute Gasteiger partial charge is 0.335 e. The van der Waals surface area contributed by atoms with Gasteiger partial charge >= 0.3 is 6.03 Å². The Morgan fingerprint density at radius 1 is 0.872 bits per heavy atom. The maximum atomic E-state index is 14.3. The summed E-state index contributed by atoms with van der Waals surface area (Å²) >= 11 is 14.6. The summed E-state index contributed by atoms with van der Waals surface area (Å²) in [6.45, 7) is 7.60. The van der Waals surface area contributed by atoms with Crippen LogP contribution >= 0.6 is 35.0 Å². The first-order valence-electron chi connectivity index (χ1n) is 15.4. The quantitative estimate of drug-likeness (QED) is 0.0874. The molecule has 5 aromatic rings. The van der Waals surface area contributed by atoms with Crippen molar-refractivity contribution in [2.45, 2.75) is 43.9 Å². The van der Waals surface area contributed by atoms with Crippen LogP contribution in [0, 0.1) is 0 Å². The van der Waals surface area contributed by atoms with Gasteiger partial charge in [0.05, 0.1) is 28.0 Å². The molecule has 2 heterocycles. The van der Waals surface area contributed by atoms with E-state index in [2.05, 4.69) is 92.5 Å². The maximum absolute atomic E-state index is 14.3. The van der Waals surface area contributed by atoms with Gasteiger partial charge in [-0.25, -0.2) is 19.7 Å². The van der Waals surface area contributed by atoms with Crippen LogP contribution in [-0.2, 0) is 17.4 Å². The molecule has 4 aromatic carbocycles. The molecule has 0 aliphatic carbocycles. The summed E-state index contributed by atoms with van der Waals surface area (Å²) in [4.78, 5) is 26.8. The Morgan fingerprint density at radius 2 is 1.49 bits per heavy atom. The van der Waals surface area contributed by atoms with E-state index in [1.807, 2.05) is 24.5 Å². The first kappa shape index (κ1) is 33.2. The lowest BCUT2D eigenvalue weighted by Gasteiger charge is -2.43. The summed E-state index contributed by atoms with van der Waals surface area (Å²) in [6.07, 6.45) is 4.35. The molecule has 0 bridgehead atoms. The number of carbonyl (C=O) groups is 1. The molecule has 0 spiro atoms. The molecule has 2 amide bonds. The van der Waals surface area contributed by atoms with E-state index in [9.17, 15) is 4.79 Å². The molecule has 10 heteroatoms. The van der Waals surface area contributed by atoms with Gasteiger partial charge in [0.15, 0.2) is 11.0 Å². The van der Waals surface area contributed by atoms with Crippen molar-refractivity contribution < 1.29 is 9.22 Å². The van der Waals surface area contributed by atoms with Crippen molar-refractivity contribution in [3.05, 3.63) is 130 Å². The average Bonchev–Trinajstić information content (AvgIpc) is 3.07. The Bertz CT molecular complexity index is 1830. The number of carbonyl (C=O) groups excluding carboxylic acids is 1. The number of aromatic nitrogens is 2. The topological polar surface area (TPSA) is 58.6 Å². The third-order valence-corrected chi connectivity index (χ3v) is 14.7. The number of amides is 2. The Labute approximate surface area is 291 Å². The fourth-order valence-corrected chi connectivity index (χ4v) is 11.8. The third kappa shape index (κ3) is 6.45. The van der Waals surface area contributed by atoms with E-state index in [1.54, 1.807) is 34.2 Å². The van der Waals surface area contributed by atoms with Crippen LogP contribution in [-0.4, -0.2) is 37.2 Å². The lowest BCUT2D eigenvalue weighted by molar-refractivity contribution is 0.252. The number of rotatable bonds is 9. The lowest BCUT2D eigenvalue weighted by atomic mass is 10.1. The number of fused-ring (bicyclic) bond motifs is 1. The normalized spacial score (nSPS) is 13.5. The highest BCUT2D eigenvalue weighted by Gasteiger charge is 2.50. The Kier molecular flexibility index (Phi) is 9.78. The molecule has 240 valence electrons. The maximum Gasteiger partial charge on any atom is 0.335 e. The van der Waals surface area contributed by atoms with E-state index in [-0.39, 0.29) is 17.6 Å². The third-order valence-electron chi connectivity index (χ3n) is 8.47. The molecular weight excluding hydrogens is 663 g/mol. The summed E-state index contributed by atoms with van der Waals surface area (Å²) in [5, 5.41) is 3.73. The molecule has 0 saturated heterocycles. The largest absolute Gasteiger partial charge is 0.407 e. The zero-order valence-electron chi connectivity index (χ0n) is 26.8. The fraction of sp³-hybridized carbons (Fsp3) is 0.216. The number of benzene rings is 4. The van der Waals surface area contributed by atoms with Crippen LogP contribution in [0.2, 0.25) is 15.1 Å². The highest BCUT2D eigenvalue weighted by molar-refractivity contribution is 7.98. The molecule has 0 unspecified atom stereocenters. The van der Waals surface area contributed by atoms with Gasteiger partial charge in [-0.15, -0.1) is 0 Å². The van der Waals surface area contributed by atoms with E-state index in [0.29, 0.717) is 45.4 Å². The van der Waals surface area contributed by atoms with E-state index < -0.39 is 8.32 Å². The number of halogens is 2. The second-order valence-corrected chi connectivity index (χ2v) is 18.3. The Morgan fingerprint density at radius 3 is 2.09 bits per heavy atom. The van der Waals surface area contributed by atoms with Crippen molar-refractivity contribution in [3.63, 3.8) is 0 Å². The molecule has 0 fully saturated rings. The van der Waals surface area contributed by atoms with Gasteiger partial charge in [-0.05, 0) is 57.9 Å². The SMILES string of the molecule is CSc1ncc2c(n1)N(c1cccc(CCO[Si](c3ccccc3)(c3ccccc3)C(C)(C)C)c1)C(=O)N(c1c(Cl)cccc1Cl)C2. The lowest BCUT2D eigenvalue weighted by Crippen LogP contribution is -2.66. The summed E-state index contributed by atoms with van der Waals surface area (Å²) in [7, 11) is -2.69. The van der Waals surface area contributed by atoms with Crippen LogP contribution in [0.3, 0.4) is 0 Å². The molecule has 1 aliphatic rings. The number of urea groups is 1. The first-order chi connectivity index (χ1) is 22.6. The minimum atomic E-state index is -2.69. The highest BCUT2D eigenvalue weighted by Crippen LogP contribution is 2.42. The summed E-state index contributed by atoms with van der Waals surface area (Å²) in [6, 6.07) is 34.2. The van der Waals surface area contributed by atoms with Crippen molar-refractivity contribution in [2.24, 2.45) is 0 Å². The molecule has 0 atom stereocenters. The van der Waals surface area contributed by atoms with E-state index in [4.69, 9.17) is 32.6 Å². The van der Waals surface area contributed by atoms with Gasteiger partial charge in [0.1, 0.15) is 0 Å². The zero-order chi connectivity index (χ0) is 33.2. The molecule has 0 N–H and O–H groups in total. The highest BCUT2D eigenvalue weighted by atomic mass is 35.5. The van der Waals surface area contributed by atoms with Crippen LogP contribution < -0.4 is 20.2 Å². The molecule has 1 aliphatic heterocycles. The monoisotopic (exact) mass is 698 g/mol. The van der Waals surface area contributed by atoms with Crippen molar-refractivity contribution in [2.75, 3.05) is 22.7 Å². The van der Waals surface area contributed by atoms with Gasteiger partial charge in [-0.1, -0.05) is 135 Å². The fourth-order valence-electron chi connectivity index (χ4n) is 6.32. The number of nitrogens with zero attached hydrogens (tertiary/aromatic N) is 4. The second-order valence-electron chi connectivity index (χ2n) is 12.4. The van der Waals surface area contributed by atoms with Crippen molar-refractivity contribution in [1.82, 2.24) is 9.97 Å².